The van der Waals surface area contributed by atoms with Gasteiger partial charge in [-0.05, 0) is 63.1 Å². The van der Waals surface area contributed by atoms with E-state index in [9.17, 15) is 14.7 Å². The first-order valence-corrected chi connectivity index (χ1v) is 11.4. The van der Waals surface area contributed by atoms with Crippen LogP contribution in [-0.2, 0) is 9.53 Å². The zero-order valence-electron chi connectivity index (χ0n) is 17.8. The van der Waals surface area contributed by atoms with Gasteiger partial charge in [-0.1, -0.05) is 0 Å². The van der Waals surface area contributed by atoms with Gasteiger partial charge in [-0.3, -0.25) is 9.69 Å². The second-order valence-corrected chi connectivity index (χ2v) is 9.42. The Balaban J connectivity index is 1.31. The average molecular weight is 432 g/mol. The van der Waals surface area contributed by atoms with E-state index in [0.717, 1.165) is 51.5 Å². The van der Waals surface area contributed by atoms with Crippen LogP contribution in [0.25, 0.3) is 0 Å². The number of hydrogen-bond acceptors (Lipinski definition) is 5. The number of cyclic esters (lactones) is 1. The maximum absolute atomic E-state index is 15.1. The van der Waals surface area contributed by atoms with Crippen LogP contribution in [0.2, 0.25) is 0 Å². The van der Waals surface area contributed by atoms with E-state index in [1.54, 1.807) is 12.1 Å². The first-order chi connectivity index (χ1) is 15.0. The molecule has 7 nitrogen and oxygen atoms in total. The summed E-state index contributed by atoms with van der Waals surface area (Å²) in [5.41, 5.74) is 0.540. The first kappa shape index (κ1) is 20.5. The molecule has 3 saturated heterocycles. The van der Waals surface area contributed by atoms with Gasteiger partial charge in [0.05, 0.1) is 29.4 Å². The standard InChI is InChI=1S/C23H30FN3O4/c24-19-14-17(27-12-13-31-22(27)30)4-7-20(19)25-10-1-8-23(15-25)9-11-26(21(23)29)16-2-5-18(28)6-3-16/h4,7,14,16,18,28H,1-3,5-6,8-13,15H2. The predicted molar refractivity (Wildman–Crippen MR) is 114 cm³/mol. The third-order valence-electron chi connectivity index (χ3n) is 7.57. The highest BCUT2D eigenvalue weighted by molar-refractivity contribution is 5.89. The highest BCUT2D eigenvalue weighted by atomic mass is 19.1. The summed E-state index contributed by atoms with van der Waals surface area (Å²) in [5, 5.41) is 9.79. The summed E-state index contributed by atoms with van der Waals surface area (Å²) in [7, 11) is 0. The summed E-state index contributed by atoms with van der Waals surface area (Å²) >= 11 is 0. The highest BCUT2D eigenvalue weighted by Gasteiger charge is 2.50. The van der Waals surface area contributed by atoms with Crippen molar-refractivity contribution >= 4 is 23.4 Å². The fourth-order valence-electron chi connectivity index (χ4n) is 5.83. The van der Waals surface area contributed by atoms with Crippen LogP contribution in [0.4, 0.5) is 20.6 Å². The van der Waals surface area contributed by atoms with Gasteiger partial charge in [0.15, 0.2) is 0 Å². The molecule has 1 atom stereocenters. The topological polar surface area (TPSA) is 73.3 Å². The third kappa shape index (κ3) is 3.64. The van der Waals surface area contributed by atoms with E-state index in [0.29, 0.717) is 37.6 Å². The van der Waals surface area contributed by atoms with Crippen molar-refractivity contribution in [1.82, 2.24) is 4.90 Å². The van der Waals surface area contributed by atoms with Crippen LogP contribution in [0.5, 0.6) is 0 Å². The number of piperidine rings is 1. The lowest BCUT2D eigenvalue weighted by atomic mass is 9.78. The van der Waals surface area contributed by atoms with Crippen molar-refractivity contribution in [2.45, 2.75) is 57.1 Å². The molecule has 2 amide bonds. The molecule has 3 heterocycles. The number of hydrogen-bond donors (Lipinski definition) is 1. The van der Waals surface area contributed by atoms with E-state index in [2.05, 4.69) is 0 Å². The normalized spacial score (nSPS) is 31.6. The van der Waals surface area contributed by atoms with Crippen LogP contribution < -0.4 is 9.80 Å². The molecule has 3 aliphatic heterocycles. The molecule has 0 aromatic heterocycles. The molecule has 4 aliphatic rings. The molecule has 1 aromatic rings. The van der Waals surface area contributed by atoms with Crippen molar-refractivity contribution in [2.24, 2.45) is 5.41 Å². The number of aliphatic hydroxyl groups excluding tert-OH is 1. The van der Waals surface area contributed by atoms with E-state index in [1.807, 2.05) is 9.80 Å². The van der Waals surface area contributed by atoms with E-state index in [4.69, 9.17) is 4.74 Å². The summed E-state index contributed by atoms with van der Waals surface area (Å²) in [6, 6.07) is 5.08. The van der Waals surface area contributed by atoms with E-state index >= 15 is 4.39 Å². The number of halogens is 1. The largest absolute Gasteiger partial charge is 0.447 e. The number of carbonyl (C=O) groups excluding carboxylic acids is 2. The minimum Gasteiger partial charge on any atom is -0.447 e. The molecule has 5 rings (SSSR count). The molecule has 168 valence electrons. The van der Waals surface area contributed by atoms with Crippen LogP contribution in [0.15, 0.2) is 18.2 Å². The van der Waals surface area contributed by atoms with Gasteiger partial charge in [-0.15, -0.1) is 0 Å². The number of amides is 2. The Morgan fingerprint density at radius 3 is 2.58 bits per heavy atom. The van der Waals surface area contributed by atoms with Gasteiger partial charge >= 0.3 is 6.09 Å². The lowest BCUT2D eigenvalue weighted by Gasteiger charge is -2.41. The second kappa shape index (κ2) is 7.97. The van der Waals surface area contributed by atoms with Crippen LogP contribution in [0.1, 0.15) is 44.9 Å². The molecule has 1 saturated carbocycles. The Morgan fingerprint density at radius 1 is 1.06 bits per heavy atom. The van der Waals surface area contributed by atoms with Crippen LogP contribution in [0.3, 0.4) is 0 Å². The molecular weight excluding hydrogens is 401 g/mol. The van der Waals surface area contributed by atoms with E-state index in [1.165, 1.54) is 11.0 Å². The first-order valence-electron chi connectivity index (χ1n) is 11.4. The minimum absolute atomic E-state index is 0.204. The lowest BCUT2D eigenvalue weighted by Crippen LogP contribution is -2.50. The lowest BCUT2D eigenvalue weighted by molar-refractivity contribution is -0.139. The number of benzene rings is 1. The molecule has 1 aromatic carbocycles. The van der Waals surface area contributed by atoms with Gasteiger partial charge in [-0.2, -0.15) is 0 Å². The second-order valence-electron chi connectivity index (χ2n) is 9.42. The molecule has 1 N–H and O–H groups in total. The molecule has 1 spiro atoms. The fraction of sp³-hybridized carbons (Fsp3) is 0.652. The quantitative estimate of drug-likeness (QED) is 0.797. The zero-order valence-corrected chi connectivity index (χ0v) is 17.8. The fourth-order valence-corrected chi connectivity index (χ4v) is 5.83. The zero-order chi connectivity index (χ0) is 21.6. The highest BCUT2D eigenvalue weighted by Crippen LogP contribution is 2.44. The Hall–Kier alpha value is -2.35. The van der Waals surface area contributed by atoms with Gasteiger partial charge in [0.1, 0.15) is 12.4 Å². The summed E-state index contributed by atoms with van der Waals surface area (Å²) in [4.78, 5) is 30.7. The molecule has 8 heteroatoms. The SMILES string of the molecule is O=C1OCCN1c1ccc(N2CCCC3(CCN(C4CCC(O)CC4)C3=O)C2)c(F)c1. The van der Waals surface area contributed by atoms with Crippen LogP contribution in [0, 0.1) is 11.2 Å². The van der Waals surface area contributed by atoms with E-state index < -0.39 is 11.5 Å². The summed E-state index contributed by atoms with van der Waals surface area (Å²) in [6.45, 7) is 2.74. The summed E-state index contributed by atoms with van der Waals surface area (Å²) < 4.78 is 20.0. The van der Waals surface area contributed by atoms with Gasteiger partial charge in [-0.25, -0.2) is 9.18 Å². The third-order valence-corrected chi connectivity index (χ3v) is 7.57. The summed E-state index contributed by atoms with van der Waals surface area (Å²) in [6.07, 6.45) is 5.06. The van der Waals surface area contributed by atoms with E-state index in [-0.39, 0.29) is 23.9 Å². The van der Waals surface area contributed by atoms with Crippen molar-refractivity contribution in [3.05, 3.63) is 24.0 Å². The molecule has 1 unspecified atom stereocenters. The average Bonchev–Trinajstić information content (AvgIpc) is 3.33. The Morgan fingerprint density at radius 2 is 1.87 bits per heavy atom. The number of aliphatic hydroxyl groups is 1. The molecule has 0 radical (unpaired) electrons. The monoisotopic (exact) mass is 431 g/mol. The molecule has 4 fully saturated rings. The maximum Gasteiger partial charge on any atom is 0.414 e. The number of carbonyl (C=O) groups is 2. The molecular formula is C23H30FN3O4. The number of nitrogens with zero attached hydrogens (tertiary/aromatic N) is 3. The van der Waals surface area contributed by atoms with Crippen LogP contribution >= 0.6 is 0 Å². The summed E-state index contributed by atoms with van der Waals surface area (Å²) in [5.74, 6) is -0.173. The van der Waals surface area contributed by atoms with Gasteiger partial charge in [0.25, 0.3) is 0 Å². The van der Waals surface area contributed by atoms with Crippen molar-refractivity contribution in [3.63, 3.8) is 0 Å². The molecule has 0 bridgehead atoms. The van der Waals surface area contributed by atoms with Crippen LogP contribution in [-0.4, -0.2) is 66.9 Å². The maximum atomic E-state index is 15.1. The Labute approximate surface area is 181 Å². The number of anilines is 2. The smallest absolute Gasteiger partial charge is 0.414 e. The van der Waals surface area contributed by atoms with Gasteiger partial charge in [0.2, 0.25) is 5.91 Å². The molecule has 1 aliphatic carbocycles. The molecule has 31 heavy (non-hydrogen) atoms. The number of rotatable bonds is 3. The Kier molecular flexibility index (Phi) is 5.28. The van der Waals surface area contributed by atoms with Crippen molar-refractivity contribution < 1.29 is 23.8 Å². The predicted octanol–water partition coefficient (Wildman–Crippen LogP) is 2.90. The minimum atomic E-state index is -0.448. The van der Waals surface area contributed by atoms with Crippen molar-refractivity contribution in [3.8, 4) is 0 Å². The Bertz CT molecular complexity index is 872. The van der Waals surface area contributed by atoms with Gasteiger partial charge < -0.3 is 19.6 Å². The van der Waals surface area contributed by atoms with Crippen molar-refractivity contribution in [1.29, 1.82) is 0 Å². The van der Waals surface area contributed by atoms with Gasteiger partial charge in [0, 0.05) is 25.7 Å². The number of likely N-dealkylation sites (tertiary alicyclic amines) is 1. The van der Waals surface area contributed by atoms with Crippen molar-refractivity contribution in [2.75, 3.05) is 42.6 Å². The number of ether oxygens (including phenoxy) is 1.